The molecule has 46 valence electrons. The van der Waals surface area contributed by atoms with E-state index < -0.39 is 5.97 Å². The quantitative estimate of drug-likeness (QED) is 0.468. The second-order valence-electron chi connectivity index (χ2n) is 1.42. The molecule has 0 amide bonds. The molecule has 2 N–H and O–H groups in total. The average Bonchev–Trinajstić information content (AvgIpc) is 1.90. The van der Waals surface area contributed by atoms with E-state index in [0.29, 0.717) is 0 Å². The summed E-state index contributed by atoms with van der Waals surface area (Å²) in [6, 6.07) is 0. The van der Waals surface area contributed by atoms with Crippen molar-refractivity contribution in [1.29, 1.82) is 0 Å². The first-order valence-corrected chi connectivity index (χ1v) is 2.32. The topological polar surface area (TPSA) is 65.8 Å². The van der Waals surface area contributed by atoms with Gasteiger partial charge in [0.05, 0.1) is 6.20 Å². The van der Waals surface area contributed by atoms with Crippen LogP contribution >= 0.6 is 0 Å². The maximum absolute atomic E-state index is 10.2. The van der Waals surface area contributed by atoms with Crippen molar-refractivity contribution in [1.82, 2.24) is 9.97 Å². The van der Waals surface area contributed by atoms with Crippen molar-refractivity contribution < 1.29 is 9.90 Å². The van der Waals surface area contributed by atoms with Gasteiger partial charge in [-0.15, -0.1) is 0 Å². The number of rotatable bonds is 1. The van der Waals surface area contributed by atoms with Crippen LogP contribution < -0.4 is 0 Å². The zero-order valence-corrected chi connectivity index (χ0v) is 4.53. The van der Waals surface area contributed by atoms with Gasteiger partial charge in [0.1, 0.15) is 0 Å². The summed E-state index contributed by atoms with van der Waals surface area (Å²) in [5.41, 5.74) is 0.0810. The molecular formula is C5H5N2O2+. The maximum atomic E-state index is 10.2. The highest BCUT2D eigenvalue weighted by molar-refractivity contribution is 5.84. The maximum Gasteiger partial charge on any atom is 0.569 e. The minimum absolute atomic E-state index is 0.0810. The van der Waals surface area contributed by atoms with Crippen molar-refractivity contribution in [3.05, 3.63) is 24.3 Å². The standard InChI is InChI=1S/C5H4N2O2/c8-5(9)4-3-6-1-2-7-4/h1-3H,(H,8,9)/p+1. The third kappa shape index (κ3) is 1.22. The monoisotopic (exact) mass is 125 g/mol. The first-order chi connectivity index (χ1) is 4.30. The number of hydrogen-bond donors (Lipinski definition) is 0. The molecular weight excluding hydrogens is 120 g/mol. The van der Waals surface area contributed by atoms with Crippen LogP contribution in [-0.2, 0) is 0 Å². The Balaban J connectivity index is 2.98. The molecule has 0 atom stereocenters. The lowest BCUT2D eigenvalue weighted by Gasteiger charge is -1.81. The summed E-state index contributed by atoms with van der Waals surface area (Å²) < 4.78 is 0. The predicted octanol–water partition coefficient (Wildman–Crippen LogP) is -0.659. The first-order valence-electron chi connectivity index (χ1n) is 2.32. The molecule has 0 aliphatic rings. The van der Waals surface area contributed by atoms with E-state index in [2.05, 4.69) is 9.97 Å². The van der Waals surface area contributed by atoms with Crippen LogP contribution in [0.25, 0.3) is 0 Å². The second-order valence-corrected chi connectivity index (χ2v) is 1.42. The minimum atomic E-state index is -0.803. The van der Waals surface area contributed by atoms with Gasteiger partial charge in [-0.05, 0) is 0 Å². The van der Waals surface area contributed by atoms with Crippen molar-refractivity contribution in [3.63, 3.8) is 0 Å². The fourth-order valence-corrected chi connectivity index (χ4v) is 0.416. The first kappa shape index (κ1) is 5.68. The predicted molar refractivity (Wildman–Crippen MR) is 30.0 cm³/mol. The number of nitrogens with zero attached hydrogens (tertiary/aromatic N) is 2. The zero-order valence-electron chi connectivity index (χ0n) is 4.53. The molecule has 0 saturated carbocycles. The van der Waals surface area contributed by atoms with Crippen LogP contribution in [-0.4, -0.2) is 21.0 Å². The highest BCUT2D eigenvalue weighted by Gasteiger charge is 2.10. The van der Waals surface area contributed by atoms with Gasteiger partial charge < -0.3 is 5.11 Å². The van der Waals surface area contributed by atoms with E-state index in [-0.39, 0.29) is 5.69 Å². The summed E-state index contributed by atoms with van der Waals surface area (Å²) in [5, 5.41) is 6.58. The Labute approximate surface area is 51.2 Å². The summed E-state index contributed by atoms with van der Waals surface area (Å²) in [5.74, 6) is -0.803. The summed E-state index contributed by atoms with van der Waals surface area (Å²) in [4.78, 5) is 17.4. The summed E-state index contributed by atoms with van der Waals surface area (Å²) in [6.07, 6.45) is 4.09. The van der Waals surface area contributed by atoms with Gasteiger partial charge in [-0.3, -0.25) is 4.98 Å². The molecule has 1 aromatic rings. The molecule has 4 nitrogen and oxygen atoms in total. The van der Waals surface area contributed by atoms with Gasteiger partial charge in [0, 0.05) is 17.2 Å². The summed E-state index contributed by atoms with van der Waals surface area (Å²) >= 11 is 0. The fraction of sp³-hybridized carbons (Fsp3) is 0. The van der Waals surface area contributed by atoms with Gasteiger partial charge in [0.2, 0.25) is 5.69 Å². The number of hydrogen-bond acceptors (Lipinski definition) is 3. The lowest BCUT2D eigenvalue weighted by molar-refractivity contribution is 0.0690. The van der Waals surface area contributed by atoms with Crippen LogP contribution in [0.2, 0.25) is 0 Å². The molecule has 0 unspecified atom stereocenters. The Kier molecular flexibility index (Phi) is 1.40. The van der Waals surface area contributed by atoms with Crippen LogP contribution in [0.15, 0.2) is 18.6 Å². The van der Waals surface area contributed by atoms with Crippen molar-refractivity contribution >= 4 is 5.97 Å². The van der Waals surface area contributed by atoms with Crippen LogP contribution in [0.1, 0.15) is 10.5 Å². The van der Waals surface area contributed by atoms with E-state index in [0.717, 1.165) is 0 Å². The van der Waals surface area contributed by atoms with Gasteiger partial charge >= 0.3 is 5.97 Å². The highest BCUT2D eigenvalue weighted by atomic mass is 16.4. The van der Waals surface area contributed by atoms with Crippen molar-refractivity contribution in [3.8, 4) is 0 Å². The minimum Gasteiger partial charge on any atom is -0.560 e. The van der Waals surface area contributed by atoms with Crippen molar-refractivity contribution in [2.45, 2.75) is 0 Å². The number of aromatic nitrogens is 2. The third-order valence-electron chi connectivity index (χ3n) is 0.796. The molecule has 9 heavy (non-hydrogen) atoms. The Bertz CT molecular complexity index is 209. The fourth-order valence-electron chi connectivity index (χ4n) is 0.416. The third-order valence-corrected chi connectivity index (χ3v) is 0.796. The molecule has 0 bridgehead atoms. The SMILES string of the molecule is O=C([OH2+])c1cnccn1. The smallest absolute Gasteiger partial charge is 0.560 e. The van der Waals surface area contributed by atoms with Gasteiger partial charge in [-0.2, -0.15) is 0 Å². The molecule has 0 radical (unpaired) electrons. The molecule has 0 saturated heterocycles. The Morgan fingerprint density at radius 2 is 2.33 bits per heavy atom. The summed E-state index contributed by atoms with van der Waals surface area (Å²) in [7, 11) is 0. The molecule has 4 heteroatoms. The van der Waals surface area contributed by atoms with Gasteiger partial charge in [0.25, 0.3) is 0 Å². The zero-order chi connectivity index (χ0) is 6.69. The second kappa shape index (κ2) is 2.21. The highest BCUT2D eigenvalue weighted by Crippen LogP contribution is 1.86. The van der Waals surface area contributed by atoms with Crippen LogP contribution in [0.3, 0.4) is 0 Å². The molecule has 0 aliphatic heterocycles. The van der Waals surface area contributed by atoms with E-state index >= 15 is 0 Å². The average molecular weight is 125 g/mol. The molecule has 1 aromatic heterocycles. The Morgan fingerprint density at radius 1 is 1.56 bits per heavy atom. The van der Waals surface area contributed by atoms with E-state index in [4.69, 9.17) is 5.11 Å². The molecule has 1 rings (SSSR count). The summed E-state index contributed by atoms with van der Waals surface area (Å²) in [6.45, 7) is 0. The van der Waals surface area contributed by atoms with E-state index in [9.17, 15) is 4.79 Å². The largest absolute Gasteiger partial charge is 0.569 e. The lowest BCUT2D eigenvalue weighted by Crippen LogP contribution is -1.99. The molecule has 1 heterocycles. The van der Waals surface area contributed by atoms with Gasteiger partial charge in [-0.1, -0.05) is 0 Å². The van der Waals surface area contributed by atoms with E-state index in [1.54, 1.807) is 0 Å². The van der Waals surface area contributed by atoms with Gasteiger partial charge in [-0.25, -0.2) is 4.98 Å². The van der Waals surface area contributed by atoms with Crippen LogP contribution in [0, 0.1) is 0 Å². The van der Waals surface area contributed by atoms with Crippen LogP contribution in [0.5, 0.6) is 0 Å². The van der Waals surface area contributed by atoms with Crippen LogP contribution in [0.4, 0.5) is 0 Å². The van der Waals surface area contributed by atoms with E-state index in [1.807, 2.05) is 0 Å². The Hall–Kier alpha value is -1.45. The molecule has 0 aliphatic carbocycles. The number of carbonyl (C=O) groups is 1. The van der Waals surface area contributed by atoms with Crippen molar-refractivity contribution in [2.75, 3.05) is 0 Å². The molecule has 0 aromatic carbocycles. The molecule has 0 fully saturated rings. The normalized spacial score (nSPS) is 8.89. The molecule has 0 spiro atoms. The van der Waals surface area contributed by atoms with E-state index in [1.165, 1.54) is 18.6 Å². The lowest BCUT2D eigenvalue weighted by atomic mass is 10.5. The number of carbonyl (C=O) groups excluding carboxylic acids is 1. The Morgan fingerprint density at radius 3 is 2.67 bits per heavy atom. The van der Waals surface area contributed by atoms with Gasteiger partial charge in [0.15, 0.2) is 0 Å². The van der Waals surface area contributed by atoms with Crippen molar-refractivity contribution in [2.24, 2.45) is 0 Å².